The van der Waals surface area contributed by atoms with E-state index in [0.29, 0.717) is 17.5 Å². The molecule has 39 heavy (non-hydrogen) atoms. The van der Waals surface area contributed by atoms with E-state index in [2.05, 4.69) is 31.4 Å². The van der Waals surface area contributed by atoms with Crippen LogP contribution in [-0.4, -0.2) is 78.8 Å². The molecule has 18 heteroatoms. The molecule has 2 aliphatic rings. The van der Waals surface area contributed by atoms with Crippen molar-refractivity contribution in [3.63, 3.8) is 0 Å². The number of nitrogen functional groups attached to an aromatic ring is 3. The Bertz CT molecular complexity index is 1340. The average molecular weight is 595 g/mol. The summed E-state index contributed by atoms with van der Waals surface area (Å²) in [6, 6.07) is 0.600. The summed E-state index contributed by atoms with van der Waals surface area (Å²) in [4.78, 5) is 53.0. The lowest BCUT2D eigenvalue weighted by atomic mass is 9.89. The van der Waals surface area contributed by atoms with Crippen LogP contribution in [0.2, 0.25) is 0 Å². The van der Waals surface area contributed by atoms with Gasteiger partial charge in [0.2, 0.25) is 29.1 Å². The smallest absolute Gasteiger partial charge is 0.301 e. The number of oxime groups is 1. The monoisotopic (exact) mass is 594 g/mol. The van der Waals surface area contributed by atoms with Crippen LogP contribution < -0.4 is 32.2 Å². The molecule has 2 unspecified atom stereocenters. The van der Waals surface area contributed by atoms with Crippen LogP contribution in [0.5, 0.6) is 0 Å². The summed E-state index contributed by atoms with van der Waals surface area (Å²) in [6.45, 7) is 5.83. The van der Waals surface area contributed by atoms with Crippen molar-refractivity contribution in [3.8, 4) is 0 Å². The van der Waals surface area contributed by atoms with Gasteiger partial charge in [-0.05, 0) is 6.92 Å². The average Bonchev–Trinajstić information content (AvgIpc) is 3.33. The first-order valence-corrected chi connectivity index (χ1v) is 14.3. The highest BCUT2D eigenvalue weighted by atomic mass is 32.2. The van der Waals surface area contributed by atoms with Crippen molar-refractivity contribution in [2.45, 2.75) is 30.0 Å². The zero-order valence-electron chi connectivity index (χ0n) is 20.7. The summed E-state index contributed by atoms with van der Waals surface area (Å²) in [5.74, 6) is -1.76. The Hall–Kier alpha value is -3.64. The van der Waals surface area contributed by atoms with Crippen molar-refractivity contribution >= 4 is 75.3 Å². The number of aliphatic carboxylic acids is 1. The minimum atomic E-state index is -1.38. The standard InChI is InChI=1S/C21H26N10O5S3/c1-3-5-30-11(23)6-10(22)25-20(30)38-9-21(18(34)35)7-31-16(33)13(17(31)37-8-21)26-15(32)12(28-36-4-2)14-27-19(24)39-29-14/h3,6,13,17H,1,4-5,7-9H2,2H3,(H7,22,23,24,26,27,29,32,34,35)/t13?,17-,21?/m1/s1. The first kappa shape index (κ1) is 28.4. The Morgan fingerprint density at radius 2 is 2.21 bits per heavy atom. The van der Waals surface area contributed by atoms with Gasteiger partial charge in [-0.1, -0.05) is 34.6 Å². The number of fused-ring (bicyclic) bond motifs is 1. The van der Waals surface area contributed by atoms with Gasteiger partial charge in [-0.25, -0.2) is 4.57 Å². The molecule has 4 heterocycles. The van der Waals surface area contributed by atoms with Gasteiger partial charge in [-0.2, -0.15) is 9.36 Å². The molecule has 15 nitrogen and oxygen atoms in total. The summed E-state index contributed by atoms with van der Waals surface area (Å²) < 4.78 is 5.64. The second-order valence-electron chi connectivity index (χ2n) is 8.58. The summed E-state index contributed by atoms with van der Waals surface area (Å²) in [6.07, 6.45) is 1.63. The third-order valence-electron chi connectivity index (χ3n) is 5.87. The summed E-state index contributed by atoms with van der Waals surface area (Å²) in [5, 5.41) is 18.8. The summed E-state index contributed by atoms with van der Waals surface area (Å²) in [5.41, 5.74) is 15.9. The predicted octanol–water partition coefficient (Wildman–Crippen LogP) is -2.18. The SMILES string of the molecule is C=CC[n+]1c(N)cc(N)nc1SCC1(C(=O)[O-])CS[C@@H]2C(NC(=O)C(=NOCC)c3nsc(N)n3)C(=O)N2C1. The highest BCUT2D eigenvalue weighted by Crippen LogP contribution is 2.43. The lowest BCUT2D eigenvalue weighted by molar-refractivity contribution is -0.713. The lowest BCUT2D eigenvalue weighted by Gasteiger charge is -2.55. The lowest BCUT2D eigenvalue weighted by Crippen LogP contribution is -2.75. The molecule has 2 aromatic rings. The van der Waals surface area contributed by atoms with Crippen LogP contribution in [-0.2, 0) is 25.8 Å². The van der Waals surface area contributed by atoms with E-state index >= 15 is 0 Å². The van der Waals surface area contributed by atoms with Crippen molar-refractivity contribution in [2.75, 3.05) is 41.9 Å². The molecule has 0 radical (unpaired) electrons. The molecule has 0 aliphatic carbocycles. The minimum Gasteiger partial charge on any atom is -0.549 e. The Morgan fingerprint density at radius 1 is 1.44 bits per heavy atom. The first-order valence-electron chi connectivity index (χ1n) is 11.5. The van der Waals surface area contributed by atoms with Crippen LogP contribution in [0, 0.1) is 5.41 Å². The number of rotatable bonds is 11. The molecular formula is C21H26N10O5S3. The number of allylic oxidation sites excluding steroid dienone is 1. The molecule has 0 bridgehead atoms. The van der Waals surface area contributed by atoms with Gasteiger partial charge in [-0.15, -0.1) is 11.8 Å². The molecule has 3 atom stereocenters. The van der Waals surface area contributed by atoms with Gasteiger partial charge in [-0.3, -0.25) is 9.59 Å². The molecule has 2 amide bonds. The quantitative estimate of drug-likeness (QED) is 0.0413. The van der Waals surface area contributed by atoms with Gasteiger partial charge < -0.3 is 42.2 Å². The fourth-order valence-corrected chi connectivity index (χ4v) is 7.24. The molecule has 2 aromatic heterocycles. The van der Waals surface area contributed by atoms with Crippen molar-refractivity contribution in [2.24, 2.45) is 10.6 Å². The van der Waals surface area contributed by atoms with E-state index in [4.69, 9.17) is 22.0 Å². The third-order valence-corrected chi connectivity index (χ3v) is 9.27. The van der Waals surface area contributed by atoms with Gasteiger partial charge in [0.25, 0.3) is 5.91 Å². The molecule has 2 saturated heterocycles. The van der Waals surface area contributed by atoms with Crippen LogP contribution in [0.25, 0.3) is 0 Å². The Kier molecular flexibility index (Phi) is 8.45. The first-order chi connectivity index (χ1) is 18.6. The van der Waals surface area contributed by atoms with E-state index in [1.54, 1.807) is 17.6 Å². The maximum absolute atomic E-state index is 13.0. The Balaban J connectivity index is 1.46. The van der Waals surface area contributed by atoms with Crippen molar-refractivity contribution in [1.29, 1.82) is 0 Å². The fourth-order valence-electron chi connectivity index (χ4n) is 3.92. The molecule has 2 fully saturated rings. The van der Waals surface area contributed by atoms with Gasteiger partial charge in [0.1, 0.15) is 18.0 Å². The number of amides is 2. The van der Waals surface area contributed by atoms with Gasteiger partial charge in [0.15, 0.2) is 5.13 Å². The van der Waals surface area contributed by atoms with E-state index in [9.17, 15) is 19.5 Å². The van der Waals surface area contributed by atoms with E-state index in [1.807, 2.05) is 0 Å². The number of β-lactam (4-membered cyclic amide) rings is 1. The molecule has 0 spiro atoms. The zero-order chi connectivity index (χ0) is 28.3. The fraction of sp³-hybridized carbons (Fsp3) is 0.429. The number of carboxylic acid groups (broad SMARTS) is 1. The van der Waals surface area contributed by atoms with Gasteiger partial charge >= 0.3 is 5.16 Å². The highest BCUT2D eigenvalue weighted by molar-refractivity contribution is 8.00. The number of nitrogens with one attached hydrogen (secondary N) is 1. The predicted molar refractivity (Wildman–Crippen MR) is 144 cm³/mol. The van der Waals surface area contributed by atoms with E-state index in [1.165, 1.54) is 22.7 Å². The third kappa shape index (κ3) is 5.71. The Labute approximate surface area is 235 Å². The number of carbonyl (C=O) groups is 3. The van der Waals surface area contributed by atoms with Gasteiger partial charge in [0, 0.05) is 35.0 Å². The largest absolute Gasteiger partial charge is 0.549 e. The topological polar surface area (TPSA) is 232 Å². The number of aromatic nitrogens is 4. The van der Waals surface area contributed by atoms with Crippen molar-refractivity contribution in [3.05, 3.63) is 24.5 Å². The van der Waals surface area contributed by atoms with Crippen LogP contribution in [0.15, 0.2) is 29.0 Å². The van der Waals surface area contributed by atoms with Crippen LogP contribution >= 0.6 is 35.1 Å². The molecule has 2 aliphatic heterocycles. The van der Waals surface area contributed by atoms with Crippen molar-refractivity contribution in [1.82, 2.24) is 24.6 Å². The number of nitrogens with zero attached hydrogens (tertiary/aromatic N) is 6. The number of thioether (sulfide) groups is 2. The minimum absolute atomic E-state index is 0.0270. The maximum Gasteiger partial charge on any atom is 0.301 e. The van der Waals surface area contributed by atoms with E-state index in [0.717, 1.165) is 23.3 Å². The number of hydrogen-bond acceptors (Lipinski definition) is 15. The second-order valence-corrected chi connectivity index (χ2v) is 11.4. The normalized spacial score (nSPS) is 22.5. The van der Waals surface area contributed by atoms with Crippen LogP contribution in [0.4, 0.5) is 16.8 Å². The van der Waals surface area contributed by atoms with E-state index in [-0.39, 0.29) is 47.1 Å². The number of anilines is 3. The molecule has 0 saturated carbocycles. The molecule has 208 valence electrons. The second kappa shape index (κ2) is 11.6. The molecule has 7 N–H and O–H groups in total. The Morgan fingerprint density at radius 3 is 2.85 bits per heavy atom. The maximum atomic E-state index is 13.0. The van der Waals surface area contributed by atoms with Crippen molar-refractivity contribution < 1.29 is 28.9 Å². The highest BCUT2D eigenvalue weighted by Gasteiger charge is 2.56. The summed E-state index contributed by atoms with van der Waals surface area (Å²) in [7, 11) is 0. The molecular weight excluding hydrogens is 568 g/mol. The number of carbonyl (C=O) groups excluding carboxylic acids is 3. The molecule has 0 aromatic carbocycles. The van der Waals surface area contributed by atoms with Crippen LogP contribution in [0.3, 0.4) is 0 Å². The number of nitrogens with two attached hydrogens (primary N) is 3. The van der Waals surface area contributed by atoms with E-state index < -0.39 is 34.6 Å². The van der Waals surface area contributed by atoms with Crippen LogP contribution in [0.1, 0.15) is 12.7 Å². The van der Waals surface area contributed by atoms with Gasteiger partial charge in [0.05, 0.1) is 18.6 Å². The number of hydrogen-bond donors (Lipinski definition) is 4. The number of carboxylic acids is 1. The summed E-state index contributed by atoms with van der Waals surface area (Å²) >= 11 is 3.26. The molecule has 4 rings (SSSR count). The zero-order valence-corrected chi connectivity index (χ0v) is 23.2.